The lowest BCUT2D eigenvalue weighted by Crippen LogP contribution is -2.44. The molecule has 2 rings (SSSR count). The first-order valence-corrected chi connectivity index (χ1v) is 9.77. The average Bonchev–Trinajstić information content (AvgIpc) is 2.47. The van der Waals surface area contributed by atoms with Gasteiger partial charge < -0.3 is 5.32 Å². The van der Waals surface area contributed by atoms with E-state index in [2.05, 4.69) is 19.2 Å². The van der Waals surface area contributed by atoms with E-state index in [9.17, 15) is 8.42 Å². The zero-order valence-corrected chi connectivity index (χ0v) is 13.8. The van der Waals surface area contributed by atoms with E-state index >= 15 is 0 Å². The summed E-state index contributed by atoms with van der Waals surface area (Å²) in [4.78, 5) is 0. The highest BCUT2D eigenvalue weighted by Gasteiger charge is 2.33. The quantitative estimate of drug-likeness (QED) is 0.848. The lowest BCUT2D eigenvalue weighted by molar-refractivity contribution is 0.168. The Balaban J connectivity index is 1.81. The van der Waals surface area contributed by atoms with Gasteiger partial charge in [-0.15, -0.1) is 0 Å². The topological polar surface area (TPSA) is 49.4 Å². The summed E-state index contributed by atoms with van der Waals surface area (Å²) in [5.41, 5.74) is 0.344. The molecular formula is C15H30N2O2S. The summed E-state index contributed by atoms with van der Waals surface area (Å²) in [5.74, 6) is 0.313. The molecule has 0 radical (unpaired) electrons. The van der Waals surface area contributed by atoms with Crippen molar-refractivity contribution in [3.05, 3.63) is 0 Å². The van der Waals surface area contributed by atoms with E-state index in [-0.39, 0.29) is 0 Å². The number of nitrogens with one attached hydrogen (secondary N) is 1. The minimum Gasteiger partial charge on any atom is -0.314 e. The van der Waals surface area contributed by atoms with Crippen molar-refractivity contribution in [1.29, 1.82) is 0 Å². The second-order valence-electron chi connectivity index (χ2n) is 6.81. The summed E-state index contributed by atoms with van der Waals surface area (Å²) in [6.45, 7) is 6.96. The van der Waals surface area contributed by atoms with Gasteiger partial charge in [0.05, 0.1) is 5.75 Å². The van der Waals surface area contributed by atoms with Crippen LogP contribution in [0.1, 0.15) is 58.8 Å². The van der Waals surface area contributed by atoms with Crippen molar-refractivity contribution >= 4 is 10.0 Å². The van der Waals surface area contributed by atoms with Crippen LogP contribution in [0.5, 0.6) is 0 Å². The van der Waals surface area contributed by atoms with Crippen LogP contribution in [0.15, 0.2) is 0 Å². The van der Waals surface area contributed by atoms with Crippen molar-refractivity contribution in [2.24, 2.45) is 5.41 Å². The maximum atomic E-state index is 12.4. The molecule has 2 fully saturated rings. The first-order chi connectivity index (χ1) is 9.45. The highest BCUT2D eigenvalue weighted by Crippen LogP contribution is 2.34. The first-order valence-electron chi connectivity index (χ1n) is 8.16. The Kier molecular flexibility index (Phi) is 5.49. The van der Waals surface area contributed by atoms with E-state index < -0.39 is 10.0 Å². The molecule has 0 spiro atoms. The summed E-state index contributed by atoms with van der Waals surface area (Å²) in [6, 6.07) is 0.407. The number of hydrogen-bond acceptors (Lipinski definition) is 3. The Labute approximate surface area is 124 Å². The lowest BCUT2D eigenvalue weighted by Gasteiger charge is -2.38. The molecule has 0 aliphatic carbocycles. The molecule has 1 atom stereocenters. The summed E-state index contributed by atoms with van der Waals surface area (Å²) in [5, 5.41) is 3.43. The summed E-state index contributed by atoms with van der Waals surface area (Å²) in [6.07, 6.45) is 7.51. The fourth-order valence-electron chi connectivity index (χ4n) is 3.25. The molecule has 0 aromatic heterocycles. The Morgan fingerprint density at radius 3 is 2.50 bits per heavy atom. The molecule has 5 heteroatoms. The SMILES string of the molecule is CCC1(C)CCN(S(=O)(=O)CCC2CCCCN2)CC1. The van der Waals surface area contributed by atoms with Crippen LogP contribution < -0.4 is 5.32 Å². The first kappa shape index (κ1) is 16.2. The molecule has 20 heavy (non-hydrogen) atoms. The summed E-state index contributed by atoms with van der Waals surface area (Å²) in [7, 11) is -3.05. The predicted molar refractivity (Wildman–Crippen MR) is 83.3 cm³/mol. The van der Waals surface area contributed by atoms with Crippen molar-refractivity contribution in [3.8, 4) is 0 Å². The second kappa shape index (κ2) is 6.75. The molecule has 1 N–H and O–H groups in total. The fourth-order valence-corrected chi connectivity index (χ4v) is 4.83. The van der Waals surface area contributed by atoms with E-state index in [0.29, 0.717) is 30.3 Å². The maximum Gasteiger partial charge on any atom is 0.214 e. The molecule has 2 heterocycles. The molecule has 118 valence electrons. The highest BCUT2D eigenvalue weighted by molar-refractivity contribution is 7.89. The zero-order valence-electron chi connectivity index (χ0n) is 13.0. The van der Waals surface area contributed by atoms with E-state index in [1.165, 1.54) is 12.8 Å². The predicted octanol–water partition coefficient (Wildman–Crippen LogP) is 2.36. The molecule has 2 aliphatic heterocycles. The monoisotopic (exact) mass is 302 g/mol. The standard InChI is InChI=1S/C15H30N2O2S/c1-3-15(2)8-11-17(12-9-15)20(18,19)13-7-14-6-4-5-10-16-14/h14,16H,3-13H2,1-2H3. The number of nitrogens with zero attached hydrogens (tertiary/aromatic N) is 1. The van der Waals surface area contributed by atoms with Gasteiger partial charge in [0, 0.05) is 19.1 Å². The van der Waals surface area contributed by atoms with Gasteiger partial charge in [-0.25, -0.2) is 12.7 Å². The fraction of sp³-hybridized carbons (Fsp3) is 1.00. The van der Waals surface area contributed by atoms with Crippen LogP contribution in [0.25, 0.3) is 0 Å². The van der Waals surface area contributed by atoms with E-state index in [0.717, 1.165) is 38.6 Å². The van der Waals surface area contributed by atoms with Gasteiger partial charge >= 0.3 is 0 Å². The minimum atomic E-state index is -3.05. The van der Waals surface area contributed by atoms with Crippen LogP contribution in [-0.2, 0) is 10.0 Å². The Hall–Kier alpha value is -0.130. The number of sulfonamides is 1. The van der Waals surface area contributed by atoms with Gasteiger partial charge in [0.25, 0.3) is 0 Å². The minimum absolute atomic E-state index is 0.313. The molecule has 0 amide bonds. The molecule has 0 aromatic rings. The third kappa shape index (κ3) is 4.18. The van der Waals surface area contributed by atoms with Gasteiger partial charge in [-0.3, -0.25) is 0 Å². The van der Waals surface area contributed by atoms with E-state index in [4.69, 9.17) is 0 Å². The highest BCUT2D eigenvalue weighted by atomic mass is 32.2. The van der Waals surface area contributed by atoms with Crippen LogP contribution in [0.3, 0.4) is 0 Å². The molecule has 2 aliphatic rings. The lowest BCUT2D eigenvalue weighted by atomic mass is 9.79. The summed E-state index contributed by atoms with van der Waals surface area (Å²) < 4.78 is 26.6. The van der Waals surface area contributed by atoms with Crippen LogP contribution >= 0.6 is 0 Å². The van der Waals surface area contributed by atoms with Gasteiger partial charge in [-0.05, 0) is 44.1 Å². The van der Waals surface area contributed by atoms with Gasteiger partial charge in [0.15, 0.2) is 0 Å². The van der Waals surface area contributed by atoms with Gasteiger partial charge in [-0.1, -0.05) is 26.7 Å². The normalized spacial score (nSPS) is 28.4. The van der Waals surface area contributed by atoms with Crippen molar-refractivity contribution in [1.82, 2.24) is 9.62 Å². The van der Waals surface area contributed by atoms with Crippen LogP contribution in [0.4, 0.5) is 0 Å². The number of rotatable bonds is 5. The van der Waals surface area contributed by atoms with Gasteiger partial charge in [-0.2, -0.15) is 0 Å². The number of hydrogen-bond donors (Lipinski definition) is 1. The molecule has 0 bridgehead atoms. The second-order valence-corrected chi connectivity index (χ2v) is 8.90. The Morgan fingerprint density at radius 2 is 1.95 bits per heavy atom. The van der Waals surface area contributed by atoms with Crippen LogP contribution in [0.2, 0.25) is 0 Å². The largest absolute Gasteiger partial charge is 0.314 e. The molecule has 0 aromatic carbocycles. The molecule has 4 nitrogen and oxygen atoms in total. The smallest absolute Gasteiger partial charge is 0.214 e. The van der Waals surface area contributed by atoms with Crippen molar-refractivity contribution in [2.75, 3.05) is 25.4 Å². The van der Waals surface area contributed by atoms with Crippen LogP contribution in [0, 0.1) is 5.41 Å². The van der Waals surface area contributed by atoms with Crippen molar-refractivity contribution < 1.29 is 8.42 Å². The third-order valence-electron chi connectivity index (χ3n) is 5.31. The van der Waals surface area contributed by atoms with Gasteiger partial charge in [0.2, 0.25) is 10.0 Å². The van der Waals surface area contributed by atoms with Gasteiger partial charge in [0.1, 0.15) is 0 Å². The molecule has 0 saturated carbocycles. The molecular weight excluding hydrogens is 272 g/mol. The Bertz CT molecular complexity index is 394. The molecule has 1 unspecified atom stereocenters. The number of piperidine rings is 2. The third-order valence-corrected chi connectivity index (χ3v) is 7.22. The maximum absolute atomic E-state index is 12.4. The molecule has 2 saturated heterocycles. The van der Waals surface area contributed by atoms with Crippen LogP contribution in [-0.4, -0.2) is 44.2 Å². The van der Waals surface area contributed by atoms with E-state index in [1.807, 2.05) is 0 Å². The Morgan fingerprint density at radius 1 is 1.25 bits per heavy atom. The van der Waals surface area contributed by atoms with Crippen molar-refractivity contribution in [3.63, 3.8) is 0 Å². The average molecular weight is 302 g/mol. The zero-order chi connectivity index (χ0) is 14.6. The van der Waals surface area contributed by atoms with Crippen molar-refractivity contribution in [2.45, 2.75) is 64.8 Å². The van der Waals surface area contributed by atoms with E-state index in [1.54, 1.807) is 4.31 Å². The summed E-state index contributed by atoms with van der Waals surface area (Å²) >= 11 is 0.